The number of likely N-dealkylation sites (N-methyl/N-ethyl adjacent to an activating group) is 1. The van der Waals surface area contributed by atoms with Gasteiger partial charge in [-0.25, -0.2) is 0 Å². The average Bonchev–Trinajstić information content (AvgIpc) is 2.42. The summed E-state index contributed by atoms with van der Waals surface area (Å²) >= 11 is 0. The van der Waals surface area contributed by atoms with Crippen LogP contribution in [0.1, 0.15) is 54.8 Å². The predicted octanol–water partition coefficient (Wildman–Crippen LogP) is 3.57. The van der Waals surface area contributed by atoms with Crippen molar-refractivity contribution in [3.8, 4) is 0 Å². The van der Waals surface area contributed by atoms with Crippen LogP contribution >= 0.6 is 0 Å². The molecule has 2 N–H and O–H groups in total. The minimum absolute atomic E-state index is 0.131. The lowest BCUT2D eigenvalue weighted by molar-refractivity contribution is 0.182. The molecule has 19 heavy (non-hydrogen) atoms. The van der Waals surface area contributed by atoms with Crippen LogP contribution in [0.4, 0.5) is 0 Å². The largest absolute Gasteiger partial charge is 0.323 e. The van der Waals surface area contributed by atoms with E-state index in [1.54, 1.807) is 0 Å². The Bertz CT molecular complexity index is 408. The number of hydrogen-bond donors (Lipinski definition) is 1. The highest BCUT2D eigenvalue weighted by Crippen LogP contribution is 2.24. The van der Waals surface area contributed by atoms with Gasteiger partial charge in [-0.15, -0.1) is 0 Å². The molecule has 0 aromatic heterocycles. The molecule has 0 spiro atoms. The second kappa shape index (κ2) is 6.53. The molecule has 2 nitrogen and oxygen atoms in total. The summed E-state index contributed by atoms with van der Waals surface area (Å²) in [7, 11) is 2.24. The molecule has 2 rings (SSSR count). The Morgan fingerprint density at radius 1 is 1.21 bits per heavy atom. The highest BCUT2D eigenvalue weighted by Gasteiger charge is 2.20. The van der Waals surface area contributed by atoms with Crippen molar-refractivity contribution < 1.29 is 0 Å². The van der Waals surface area contributed by atoms with E-state index in [4.69, 9.17) is 5.73 Å². The highest BCUT2D eigenvalue weighted by atomic mass is 15.1. The molecule has 1 saturated carbocycles. The Labute approximate surface area is 118 Å². The smallest absolute Gasteiger partial charge is 0.0426 e. The average molecular weight is 260 g/mol. The Hall–Kier alpha value is -0.860. The van der Waals surface area contributed by atoms with Gasteiger partial charge in [-0.05, 0) is 44.9 Å². The maximum Gasteiger partial charge on any atom is 0.0426 e. The molecule has 0 heterocycles. The molecule has 0 amide bonds. The number of rotatable bonds is 4. The molecular weight excluding hydrogens is 232 g/mol. The van der Waals surface area contributed by atoms with Gasteiger partial charge in [0.15, 0.2) is 0 Å². The second-order valence-corrected chi connectivity index (χ2v) is 6.20. The fourth-order valence-electron chi connectivity index (χ4n) is 3.24. The van der Waals surface area contributed by atoms with Crippen molar-refractivity contribution in [2.75, 3.05) is 13.6 Å². The lowest BCUT2D eigenvalue weighted by Gasteiger charge is -2.33. The van der Waals surface area contributed by atoms with Gasteiger partial charge < -0.3 is 10.6 Å². The van der Waals surface area contributed by atoms with Crippen LogP contribution in [0, 0.1) is 13.8 Å². The molecule has 1 unspecified atom stereocenters. The summed E-state index contributed by atoms with van der Waals surface area (Å²) in [6.45, 7) is 5.27. The number of nitrogens with zero attached hydrogens (tertiary/aromatic N) is 1. The van der Waals surface area contributed by atoms with Crippen LogP contribution in [-0.4, -0.2) is 24.5 Å². The monoisotopic (exact) mass is 260 g/mol. The normalized spacial score (nSPS) is 18.8. The fourth-order valence-corrected chi connectivity index (χ4v) is 3.24. The van der Waals surface area contributed by atoms with Crippen LogP contribution in [0.2, 0.25) is 0 Å². The van der Waals surface area contributed by atoms with Crippen LogP contribution < -0.4 is 5.73 Å². The van der Waals surface area contributed by atoms with Gasteiger partial charge in [-0.3, -0.25) is 0 Å². The van der Waals surface area contributed by atoms with Gasteiger partial charge in [0.2, 0.25) is 0 Å². The molecule has 0 bridgehead atoms. The van der Waals surface area contributed by atoms with Gasteiger partial charge in [0.05, 0.1) is 0 Å². The van der Waals surface area contributed by atoms with Crippen LogP contribution in [0.25, 0.3) is 0 Å². The number of benzene rings is 1. The summed E-state index contributed by atoms with van der Waals surface area (Å²) in [5.74, 6) is 0. The molecule has 2 heteroatoms. The summed E-state index contributed by atoms with van der Waals surface area (Å²) in [5, 5.41) is 0. The third kappa shape index (κ3) is 3.80. The van der Waals surface area contributed by atoms with E-state index in [9.17, 15) is 0 Å². The van der Waals surface area contributed by atoms with Gasteiger partial charge in [-0.2, -0.15) is 0 Å². The summed E-state index contributed by atoms with van der Waals surface area (Å²) in [6.07, 6.45) is 6.86. The lowest BCUT2D eigenvalue weighted by Crippen LogP contribution is -2.38. The van der Waals surface area contributed by atoms with Crippen LogP contribution in [0.15, 0.2) is 18.2 Å². The Morgan fingerprint density at radius 2 is 1.89 bits per heavy atom. The molecule has 1 aliphatic rings. The van der Waals surface area contributed by atoms with E-state index in [0.29, 0.717) is 0 Å². The van der Waals surface area contributed by atoms with Crippen molar-refractivity contribution in [3.05, 3.63) is 34.9 Å². The van der Waals surface area contributed by atoms with Crippen LogP contribution in [0.3, 0.4) is 0 Å². The zero-order valence-corrected chi connectivity index (χ0v) is 12.7. The third-order valence-corrected chi connectivity index (χ3v) is 4.52. The standard InChI is InChI=1S/C17H28N2/c1-13-9-10-14(2)16(11-13)17(18)12-19(3)15-7-5-4-6-8-15/h9-11,15,17H,4-8,12,18H2,1-3H3. The molecule has 0 saturated heterocycles. The zero-order valence-electron chi connectivity index (χ0n) is 12.7. The first-order valence-corrected chi connectivity index (χ1v) is 7.61. The molecule has 1 fully saturated rings. The van der Waals surface area contributed by atoms with Gasteiger partial charge >= 0.3 is 0 Å². The topological polar surface area (TPSA) is 29.3 Å². The second-order valence-electron chi connectivity index (χ2n) is 6.20. The lowest BCUT2D eigenvalue weighted by atomic mass is 9.93. The van der Waals surface area contributed by atoms with Gasteiger partial charge in [0.25, 0.3) is 0 Å². The molecule has 1 aromatic rings. The fraction of sp³-hybridized carbons (Fsp3) is 0.647. The van der Waals surface area contributed by atoms with Gasteiger partial charge in [0, 0.05) is 18.6 Å². The van der Waals surface area contributed by atoms with E-state index in [0.717, 1.165) is 12.6 Å². The first kappa shape index (κ1) is 14.5. The van der Waals surface area contributed by atoms with Gasteiger partial charge in [0.1, 0.15) is 0 Å². The van der Waals surface area contributed by atoms with E-state index >= 15 is 0 Å². The number of nitrogens with two attached hydrogens (primary N) is 1. The molecule has 1 aliphatic carbocycles. The Kier molecular flexibility index (Phi) is 5.00. The minimum Gasteiger partial charge on any atom is -0.323 e. The van der Waals surface area contributed by atoms with E-state index in [2.05, 4.69) is 44.0 Å². The molecule has 1 aromatic carbocycles. The van der Waals surface area contributed by atoms with E-state index in [1.807, 2.05) is 0 Å². The first-order chi connectivity index (χ1) is 9.08. The zero-order chi connectivity index (χ0) is 13.8. The maximum absolute atomic E-state index is 6.43. The minimum atomic E-state index is 0.131. The SMILES string of the molecule is Cc1ccc(C)c(C(N)CN(C)C2CCCCC2)c1. The predicted molar refractivity (Wildman–Crippen MR) is 82.3 cm³/mol. The Morgan fingerprint density at radius 3 is 2.58 bits per heavy atom. The summed E-state index contributed by atoms with van der Waals surface area (Å²) in [4.78, 5) is 2.48. The van der Waals surface area contributed by atoms with Crippen LogP contribution in [0.5, 0.6) is 0 Å². The van der Waals surface area contributed by atoms with E-state index < -0.39 is 0 Å². The molecule has 0 aliphatic heterocycles. The number of hydrogen-bond acceptors (Lipinski definition) is 2. The van der Waals surface area contributed by atoms with Crippen molar-refractivity contribution in [1.82, 2.24) is 4.90 Å². The molecular formula is C17H28N2. The van der Waals surface area contributed by atoms with Gasteiger partial charge in [-0.1, -0.05) is 43.0 Å². The quantitative estimate of drug-likeness (QED) is 0.896. The summed E-state index contributed by atoms with van der Waals surface area (Å²) in [5.41, 5.74) is 10.4. The van der Waals surface area contributed by atoms with Crippen molar-refractivity contribution in [2.45, 2.75) is 58.0 Å². The molecule has 106 valence electrons. The van der Waals surface area contributed by atoms with Crippen molar-refractivity contribution in [3.63, 3.8) is 0 Å². The third-order valence-electron chi connectivity index (χ3n) is 4.52. The van der Waals surface area contributed by atoms with Crippen molar-refractivity contribution in [2.24, 2.45) is 5.73 Å². The number of aryl methyl sites for hydroxylation is 2. The highest BCUT2D eigenvalue weighted by molar-refractivity contribution is 5.33. The van der Waals surface area contributed by atoms with Crippen molar-refractivity contribution >= 4 is 0 Å². The Balaban J connectivity index is 1.99. The molecule has 0 radical (unpaired) electrons. The van der Waals surface area contributed by atoms with Crippen molar-refractivity contribution in [1.29, 1.82) is 0 Å². The summed E-state index contributed by atoms with van der Waals surface area (Å²) in [6, 6.07) is 7.47. The van der Waals surface area contributed by atoms with E-state index in [-0.39, 0.29) is 6.04 Å². The first-order valence-electron chi connectivity index (χ1n) is 7.61. The summed E-state index contributed by atoms with van der Waals surface area (Å²) < 4.78 is 0. The maximum atomic E-state index is 6.43. The van der Waals surface area contributed by atoms with Crippen LogP contribution in [-0.2, 0) is 0 Å². The molecule has 1 atom stereocenters. The van der Waals surface area contributed by atoms with E-state index in [1.165, 1.54) is 48.8 Å².